The highest BCUT2D eigenvalue weighted by atomic mass is 16.3. The molecule has 0 aliphatic heterocycles. The predicted octanol–water partition coefficient (Wildman–Crippen LogP) is 4.10. The van der Waals surface area contributed by atoms with Crippen LogP contribution in [0.25, 0.3) is 0 Å². The molecular formula is C19H27NO. The highest BCUT2D eigenvalue weighted by Crippen LogP contribution is 2.63. The lowest BCUT2D eigenvalue weighted by atomic mass is 9.49. The summed E-state index contributed by atoms with van der Waals surface area (Å²) >= 11 is 0. The Morgan fingerprint density at radius 3 is 2.81 bits per heavy atom. The van der Waals surface area contributed by atoms with Crippen LogP contribution < -0.4 is 5.73 Å². The molecule has 0 aromatic heterocycles. The molecule has 4 aliphatic carbocycles. The van der Waals surface area contributed by atoms with Crippen molar-refractivity contribution in [3.63, 3.8) is 0 Å². The highest BCUT2D eigenvalue weighted by Gasteiger charge is 2.56. The molecule has 2 heteroatoms. The van der Waals surface area contributed by atoms with E-state index in [1.807, 2.05) is 0 Å². The van der Waals surface area contributed by atoms with Crippen LogP contribution >= 0.6 is 0 Å². The van der Waals surface area contributed by atoms with Crippen molar-refractivity contribution >= 4 is 0 Å². The van der Waals surface area contributed by atoms with Gasteiger partial charge in [0.1, 0.15) is 0 Å². The van der Waals surface area contributed by atoms with Crippen LogP contribution in [-0.4, -0.2) is 11.1 Å². The monoisotopic (exact) mass is 285 g/mol. The first kappa shape index (κ1) is 13.6. The molecule has 0 aromatic rings. The van der Waals surface area contributed by atoms with Crippen LogP contribution in [0.3, 0.4) is 0 Å². The molecule has 0 amide bonds. The topological polar surface area (TPSA) is 46.2 Å². The summed E-state index contributed by atoms with van der Waals surface area (Å²) in [6, 6.07) is 0.201. The molecule has 0 bridgehead atoms. The zero-order chi connectivity index (χ0) is 14.8. The molecule has 4 rings (SSSR count). The second-order valence-corrected chi connectivity index (χ2v) is 8.13. The van der Waals surface area contributed by atoms with Crippen LogP contribution in [0, 0.1) is 28.6 Å². The summed E-state index contributed by atoms with van der Waals surface area (Å²) in [7, 11) is 0. The van der Waals surface area contributed by atoms with E-state index in [0.717, 1.165) is 25.2 Å². The Morgan fingerprint density at radius 2 is 2.00 bits per heavy atom. The van der Waals surface area contributed by atoms with Crippen LogP contribution in [0.1, 0.15) is 46.0 Å². The molecule has 0 radical (unpaired) electrons. The Labute approximate surface area is 127 Å². The largest absolute Gasteiger partial charge is 0.512 e. The van der Waals surface area contributed by atoms with Crippen LogP contribution in [-0.2, 0) is 0 Å². The Bertz CT molecular complexity index is 560. The quantitative estimate of drug-likeness (QED) is 0.658. The van der Waals surface area contributed by atoms with Gasteiger partial charge in [0.2, 0.25) is 0 Å². The van der Waals surface area contributed by atoms with Crippen LogP contribution in [0.5, 0.6) is 0 Å². The smallest absolute Gasteiger partial charge is 0.0944 e. The molecule has 21 heavy (non-hydrogen) atoms. The number of allylic oxidation sites excluding steroid dienone is 4. The van der Waals surface area contributed by atoms with Gasteiger partial charge in [-0.2, -0.15) is 0 Å². The fraction of sp³-hybridized carbons (Fsp3) is 0.684. The Kier molecular flexibility index (Phi) is 2.76. The number of aliphatic hydroxyl groups is 1. The number of aliphatic hydroxyl groups excluding tert-OH is 1. The highest BCUT2D eigenvalue weighted by molar-refractivity contribution is 5.34. The van der Waals surface area contributed by atoms with Crippen molar-refractivity contribution in [3.05, 3.63) is 35.6 Å². The fourth-order valence-corrected chi connectivity index (χ4v) is 5.82. The van der Waals surface area contributed by atoms with Crippen molar-refractivity contribution in [1.29, 1.82) is 0 Å². The fourth-order valence-electron chi connectivity index (χ4n) is 5.82. The number of nitrogens with two attached hydrogens (primary N) is 1. The van der Waals surface area contributed by atoms with Gasteiger partial charge in [-0.05, 0) is 55.9 Å². The normalized spacial score (nSPS) is 51.6. The maximum atomic E-state index is 10.3. The van der Waals surface area contributed by atoms with Gasteiger partial charge in [-0.1, -0.05) is 37.6 Å². The maximum absolute atomic E-state index is 10.3. The van der Waals surface area contributed by atoms with E-state index in [2.05, 4.69) is 38.2 Å². The standard InChI is InChI=1S/C19H27NO/c1-18-9-7-13(20)11-12(18)3-4-14-15-5-6-17(21)19(15,2)10-8-16(14)18/h3,6-7,9,13-16,21H,4-5,8,10-11,20H2,1-2H3/t13?,14-,15-,16-,18-,19-/m0/s1. The Hall–Kier alpha value is -1.02. The Balaban J connectivity index is 1.71. The van der Waals surface area contributed by atoms with Gasteiger partial charge in [-0.25, -0.2) is 0 Å². The summed E-state index contributed by atoms with van der Waals surface area (Å²) < 4.78 is 0. The van der Waals surface area contributed by atoms with Crippen LogP contribution in [0.4, 0.5) is 0 Å². The molecule has 0 aromatic carbocycles. The summed E-state index contributed by atoms with van der Waals surface area (Å²) in [5.41, 5.74) is 7.94. The van der Waals surface area contributed by atoms with Crippen molar-refractivity contribution in [2.75, 3.05) is 0 Å². The summed E-state index contributed by atoms with van der Waals surface area (Å²) in [4.78, 5) is 0. The molecular weight excluding hydrogens is 258 g/mol. The lowest BCUT2D eigenvalue weighted by Crippen LogP contribution is -2.49. The Morgan fingerprint density at radius 1 is 1.19 bits per heavy atom. The second-order valence-electron chi connectivity index (χ2n) is 8.13. The van der Waals surface area contributed by atoms with Gasteiger partial charge in [0.15, 0.2) is 0 Å². The van der Waals surface area contributed by atoms with E-state index in [-0.39, 0.29) is 16.9 Å². The van der Waals surface area contributed by atoms with E-state index in [1.54, 1.807) is 5.57 Å². The van der Waals surface area contributed by atoms with Gasteiger partial charge < -0.3 is 10.8 Å². The predicted molar refractivity (Wildman–Crippen MR) is 85.7 cm³/mol. The van der Waals surface area contributed by atoms with Crippen molar-refractivity contribution in [3.8, 4) is 0 Å². The number of rotatable bonds is 0. The molecule has 3 N–H and O–H groups in total. The summed E-state index contributed by atoms with van der Waals surface area (Å²) in [6.07, 6.45) is 14.8. The van der Waals surface area contributed by atoms with Gasteiger partial charge in [0, 0.05) is 16.9 Å². The van der Waals surface area contributed by atoms with E-state index < -0.39 is 0 Å². The van der Waals surface area contributed by atoms with Crippen molar-refractivity contribution in [1.82, 2.24) is 0 Å². The molecule has 0 spiro atoms. The average Bonchev–Trinajstić information content (AvgIpc) is 2.76. The van der Waals surface area contributed by atoms with E-state index in [4.69, 9.17) is 5.73 Å². The minimum absolute atomic E-state index is 0.0393. The number of hydrogen-bond acceptors (Lipinski definition) is 2. The summed E-state index contributed by atoms with van der Waals surface area (Å²) in [5.74, 6) is 2.71. The zero-order valence-electron chi connectivity index (χ0n) is 13.2. The van der Waals surface area contributed by atoms with Crippen LogP contribution in [0.2, 0.25) is 0 Å². The molecule has 4 aliphatic rings. The van der Waals surface area contributed by atoms with E-state index in [1.165, 1.54) is 12.8 Å². The molecule has 6 atom stereocenters. The minimum Gasteiger partial charge on any atom is -0.512 e. The molecule has 1 fully saturated rings. The maximum Gasteiger partial charge on any atom is 0.0944 e. The molecule has 2 nitrogen and oxygen atoms in total. The minimum atomic E-state index is 0.0393. The first-order valence-corrected chi connectivity index (χ1v) is 8.49. The third kappa shape index (κ3) is 1.69. The third-order valence-electron chi connectivity index (χ3n) is 7.22. The average molecular weight is 285 g/mol. The molecule has 1 saturated carbocycles. The third-order valence-corrected chi connectivity index (χ3v) is 7.22. The van der Waals surface area contributed by atoms with Gasteiger partial charge in [-0.3, -0.25) is 0 Å². The summed E-state index contributed by atoms with van der Waals surface area (Å²) in [5, 5.41) is 10.3. The number of fused-ring (bicyclic) bond motifs is 5. The van der Waals surface area contributed by atoms with E-state index >= 15 is 0 Å². The first-order chi connectivity index (χ1) is 9.95. The SMILES string of the molecule is C[C@]12C=CC(N)CC1=CC[C@@H]1[C@@H]2CC[C@]2(C)C(O)=CC[C@@H]12. The van der Waals surface area contributed by atoms with E-state index in [9.17, 15) is 5.11 Å². The van der Waals surface area contributed by atoms with Crippen molar-refractivity contribution < 1.29 is 5.11 Å². The molecule has 0 saturated heterocycles. The van der Waals surface area contributed by atoms with Gasteiger partial charge in [0.05, 0.1) is 5.76 Å². The van der Waals surface area contributed by atoms with Crippen molar-refractivity contribution in [2.24, 2.45) is 34.3 Å². The molecule has 114 valence electrons. The van der Waals surface area contributed by atoms with Crippen LogP contribution in [0.15, 0.2) is 35.6 Å². The van der Waals surface area contributed by atoms with Crippen molar-refractivity contribution in [2.45, 2.75) is 52.0 Å². The molecule has 0 heterocycles. The summed E-state index contributed by atoms with van der Waals surface area (Å²) in [6.45, 7) is 4.70. The van der Waals surface area contributed by atoms with E-state index in [0.29, 0.717) is 17.6 Å². The molecule has 1 unspecified atom stereocenters. The lowest BCUT2D eigenvalue weighted by molar-refractivity contribution is -0.00851. The van der Waals surface area contributed by atoms with Gasteiger partial charge >= 0.3 is 0 Å². The lowest BCUT2D eigenvalue weighted by Gasteiger charge is -2.55. The number of hydrogen-bond donors (Lipinski definition) is 2. The zero-order valence-corrected chi connectivity index (χ0v) is 13.2. The van der Waals surface area contributed by atoms with Gasteiger partial charge in [0.25, 0.3) is 0 Å². The first-order valence-electron chi connectivity index (χ1n) is 8.49. The second kappa shape index (κ2) is 4.25. The van der Waals surface area contributed by atoms with Gasteiger partial charge in [-0.15, -0.1) is 0 Å².